The van der Waals surface area contributed by atoms with Crippen molar-refractivity contribution in [2.24, 2.45) is 5.41 Å². The number of nitrogens with zero attached hydrogens (tertiary/aromatic N) is 1. The van der Waals surface area contributed by atoms with Gasteiger partial charge in [-0.2, -0.15) is 0 Å². The summed E-state index contributed by atoms with van der Waals surface area (Å²) in [5, 5.41) is 3.43. The Morgan fingerprint density at radius 3 is 2.95 bits per heavy atom. The van der Waals surface area contributed by atoms with Gasteiger partial charge < -0.3 is 10.2 Å². The zero-order valence-electron chi connectivity index (χ0n) is 11.2. The van der Waals surface area contributed by atoms with Gasteiger partial charge in [-0.1, -0.05) is 15.9 Å². The summed E-state index contributed by atoms with van der Waals surface area (Å²) in [6.07, 6.45) is 2.34. The van der Waals surface area contributed by atoms with Crippen LogP contribution in [0.5, 0.6) is 0 Å². The van der Waals surface area contributed by atoms with Crippen molar-refractivity contribution in [2.45, 2.75) is 19.8 Å². The number of rotatable bonds is 1. The summed E-state index contributed by atoms with van der Waals surface area (Å²) in [5.74, 6) is 0.180. The Kier molecular flexibility index (Phi) is 3.39. The van der Waals surface area contributed by atoms with Crippen molar-refractivity contribution >= 4 is 21.8 Å². The van der Waals surface area contributed by atoms with E-state index in [1.54, 1.807) is 0 Å². The molecule has 1 atom stereocenters. The average Bonchev–Trinajstić information content (AvgIpc) is 3.03. The predicted octanol–water partition coefficient (Wildman–Crippen LogP) is 2.58. The Morgan fingerprint density at radius 1 is 1.42 bits per heavy atom. The van der Waals surface area contributed by atoms with Crippen molar-refractivity contribution in [2.75, 3.05) is 26.2 Å². The molecule has 1 spiro atoms. The molecule has 102 valence electrons. The van der Waals surface area contributed by atoms with Gasteiger partial charge in [0.1, 0.15) is 0 Å². The molecule has 2 heterocycles. The number of carbonyl (C=O) groups excluding carboxylic acids is 1. The molecule has 0 radical (unpaired) electrons. The zero-order valence-corrected chi connectivity index (χ0v) is 12.8. The van der Waals surface area contributed by atoms with Crippen molar-refractivity contribution in [1.29, 1.82) is 0 Å². The minimum Gasteiger partial charge on any atom is -0.338 e. The zero-order chi connectivity index (χ0) is 13.5. The maximum Gasteiger partial charge on any atom is 0.253 e. The summed E-state index contributed by atoms with van der Waals surface area (Å²) in [6.45, 7) is 5.99. The van der Waals surface area contributed by atoms with E-state index in [-0.39, 0.29) is 5.91 Å². The fraction of sp³-hybridized carbons (Fsp3) is 0.533. The standard InChI is InChI=1S/C15H19BrN2O/c1-11-8-12(2-3-13(11)16)14(19)18-7-5-15(10-18)4-6-17-9-15/h2-3,8,17H,4-7,9-10H2,1H3. The van der Waals surface area contributed by atoms with Gasteiger partial charge in [0, 0.05) is 35.1 Å². The normalized spacial score (nSPS) is 26.3. The second-order valence-corrected chi connectivity index (χ2v) is 6.72. The molecule has 1 aromatic rings. The number of carbonyl (C=O) groups is 1. The van der Waals surface area contributed by atoms with Crippen LogP contribution in [-0.4, -0.2) is 37.0 Å². The second-order valence-electron chi connectivity index (χ2n) is 5.87. The molecule has 1 unspecified atom stereocenters. The van der Waals surface area contributed by atoms with Crippen molar-refractivity contribution in [3.63, 3.8) is 0 Å². The number of benzene rings is 1. The first-order valence-corrected chi connectivity index (χ1v) is 7.65. The molecule has 2 saturated heterocycles. The smallest absolute Gasteiger partial charge is 0.253 e. The lowest BCUT2D eigenvalue weighted by molar-refractivity contribution is 0.0775. The van der Waals surface area contributed by atoms with E-state index in [1.165, 1.54) is 6.42 Å². The van der Waals surface area contributed by atoms with Crippen LogP contribution < -0.4 is 5.32 Å². The van der Waals surface area contributed by atoms with Crippen LogP contribution in [0.2, 0.25) is 0 Å². The van der Waals surface area contributed by atoms with Crippen molar-refractivity contribution in [1.82, 2.24) is 10.2 Å². The van der Waals surface area contributed by atoms with E-state index in [0.29, 0.717) is 5.41 Å². The minimum absolute atomic E-state index is 0.180. The summed E-state index contributed by atoms with van der Waals surface area (Å²) in [5.41, 5.74) is 2.27. The molecule has 2 aliphatic rings. The van der Waals surface area contributed by atoms with Crippen LogP contribution in [-0.2, 0) is 0 Å². The van der Waals surface area contributed by atoms with Crippen LogP contribution in [0.15, 0.2) is 22.7 Å². The Labute approximate surface area is 122 Å². The summed E-state index contributed by atoms with van der Waals surface area (Å²) in [7, 11) is 0. The third-order valence-electron chi connectivity index (χ3n) is 4.46. The van der Waals surface area contributed by atoms with Gasteiger partial charge in [-0.3, -0.25) is 4.79 Å². The van der Waals surface area contributed by atoms with E-state index in [4.69, 9.17) is 0 Å². The van der Waals surface area contributed by atoms with E-state index >= 15 is 0 Å². The van der Waals surface area contributed by atoms with Crippen LogP contribution in [0.4, 0.5) is 0 Å². The quantitative estimate of drug-likeness (QED) is 0.862. The topological polar surface area (TPSA) is 32.3 Å². The molecule has 1 N–H and O–H groups in total. The van der Waals surface area contributed by atoms with Crippen LogP contribution >= 0.6 is 15.9 Å². The van der Waals surface area contributed by atoms with E-state index < -0.39 is 0 Å². The van der Waals surface area contributed by atoms with E-state index in [2.05, 4.69) is 21.2 Å². The molecule has 3 rings (SSSR count). The van der Waals surface area contributed by atoms with Gasteiger partial charge in [-0.15, -0.1) is 0 Å². The summed E-state index contributed by atoms with van der Waals surface area (Å²) in [6, 6.07) is 5.85. The van der Waals surface area contributed by atoms with E-state index in [9.17, 15) is 4.79 Å². The molecule has 1 aromatic carbocycles. The fourth-order valence-electron chi connectivity index (χ4n) is 3.21. The Hall–Kier alpha value is -0.870. The highest BCUT2D eigenvalue weighted by molar-refractivity contribution is 9.10. The van der Waals surface area contributed by atoms with Crippen LogP contribution in [0.3, 0.4) is 0 Å². The van der Waals surface area contributed by atoms with E-state index in [0.717, 1.165) is 48.2 Å². The van der Waals surface area contributed by atoms with Gasteiger partial charge in [0.05, 0.1) is 0 Å². The lowest BCUT2D eigenvalue weighted by Crippen LogP contribution is -2.33. The first kappa shape index (κ1) is 13.1. The van der Waals surface area contributed by atoms with Gasteiger partial charge in [0.2, 0.25) is 0 Å². The third kappa shape index (κ3) is 2.43. The van der Waals surface area contributed by atoms with Gasteiger partial charge in [0.25, 0.3) is 5.91 Å². The molecule has 0 saturated carbocycles. The lowest BCUT2D eigenvalue weighted by atomic mass is 9.86. The predicted molar refractivity (Wildman–Crippen MR) is 79.3 cm³/mol. The van der Waals surface area contributed by atoms with Gasteiger partial charge in [-0.25, -0.2) is 0 Å². The minimum atomic E-state index is 0.180. The van der Waals surface area contributed by atoms with Crippen LogP contribution in [0.25, 0.3) is 0 Å². The van der Waals surface area contributed by atoms with Gasteiger partial charge >= 0.3 is 0 Å². The first-order valence-electron chi connectivity index (χ1n) is 6.86. The lowest BCUT2D eigenvalue weighted by Gasteiger charge is -2.23. The van der Waals surface area contributed by atoms with Crippen molar-refractivity contribution < 1.29 is 4.79 Å². The molecule has 1 amide bonds. The first-order chi connectivity index (χ1) is 9.10. The van der Waals surface area contributed by atoms with Crippen molar-refractivity contribution in [3.05, 3.63) is 33.8 Å². The summed E-state index contributed by atoms with van der Waals surface area (Å²) in [4.78, 5) is 14.6. The Balaban J connectivity index is 1.76. The number of halogens is 1. The highest BCUT2D eigenvalue weighted by Gasteiger charge is 2.41. The molecule has 0 aromatic heterocycles. The van der Waals surface area contributed by atoms with Gasteiger partial charge in [-0.05, 0) is 50.1 Å². The number of nitrogens with one attached hydrogen (secondary N) is 1. The van der Waals surface area contributed by atoms with E-state index in [1.807, 2.05) is 30.0 Å². The highest BCUT2D eigenvalue weighted by atomic mass is 79.9. The number of hydrogen-bond donors (Lipinski definition) is 1. The number of aryl methyl sites for hydroxylation is 1. The Bertz CT molecular complexity index is 509. The maximum atomic E-state index is 12.5. The molecule has 0 bridgehead atoms. The molecular formula is C15H19BrN2O. The molecule has 4 heteroatoms. The largest absolute Gasteiger partial charge is 0.338 e. The third-order valence-corrected chi connectivity index (χ3v) is 5.35. The highest BCUT2D eigenvalue weighted by Crippen LogP contribution is 2.36. The molecule has 2 fully saturated rings. The SMILES string of the molecule is Cc1cc(C(=O)N2CCC3(CCNC3)C2)ccc1Br. The van der Waals surface area contributed by atoms with Crippen LogP contribution in [0, 0.1) is 12.3 Å². The molecular weight excluding hydrogens is 304 g/mol. The average molecular weight is 323 g/mol. The fourth-order valence-corrected chi connectivity index (χ4v) is 3.46. The molecule has 3 nitrogen and oxygen atoms in total. The Morgan fingerprint density at radius 2 is 2.26 bits per heavy atom. The second kappa shape index (κ2) is 4.91. The number of likely N-dealkylation sites (tertiary alicyclic amines) is 1. The molecule has 2 aliphatic heterocycles. The summed E-state index contributed by atoms with van der Waals surface area (Å²) >= 11 is 3.48. The van der Waals surface area contributed by atoms with Crippen molar-refractivity contribution in [3.8, 4) is 0 Å². The number of amides is 1. The van der Waals surface area contributed by atoms with Crippen LogP contribution in [0.1, 0.15) is 28.8 Å². The molecule has 19 heavy (non-hydrogen) atoms. The number of hydrogen-bond acceptors (Lipinski definition) is 2. The summed E-state index contributed by atoms with van der Waals surface area (Å²) < 4.78 is 1.06. The monoisotopic (exact) mass is 322 g/mol. The molecule has 0 aliphatic carbocycles. The van der Waals surface area contributed by atoms with Gasteiger partial charge in [0.15, 0.2) is 0 Å². The maximum absolute atomic E-state index is 12.5.